The number of ether oxygens (including phenoxy) is 1. The maximum atomic E-state index is 15.8. The minimum atomic E-state index is -1.25. The zero-order valence-corrected chi connectivity index (χ0v) is 26.7. The summed E-state index contributed by atoms with van der Waals surface area (Å²) in [5.41, 5.74) is 1.32. The third-order valence-electron chi connectivity index (χ3n) is 10.4. The van der Waals surface area contributed by atoms with E-state index in [2.05, 4.69) is 27.9 Å². The number of nitrogens with zero attached hydrogens (tertiary/aromatic N) is 5. The van der Waals surface area contributed by atoms with Gasteiger partial charge in [0.2, 0.25) is 5.91 Å². The fourth-order valence-corrected chi connectivity index (χ4v) is 7.67. The predicted molar refractivity (Wildman–Crippen MR) is 166 cm³/mol. The number of aryl methyl sites for hydroxylation is 1. The molecule has 240 valence electrons. The molecule has 4 aliphatic rings. The Labute approximate surface area is 259 Å². The number of carbonyl (C=O) groups excluding carboxylic acids is 3. The highest BCUT2D eigenvalue weighted by Crippen LogP contribution is 2.48. The average Bonchev–Trinajstić information content (AvgIpc) is 3.30. The highest BCUT2D eigenvalue weighted by molar-refractivity contribution is 6.06. The van der Waals surface area contributed by atoms with E-state index in [-0.39, 0.29) is 18.4 Å². The van der Waals surface area contributed by atoms with Gasteiger partial charge in [-0.1, -0.05) is 0 Å². The van der Waals surface area contributed by atoms with Crippen LogP contribution in [0.1, 0.15) is 90.2 Å². The summed E-state index contributed by atoms with van der Waals surface area (Å²) in [6.45, 7) is 11.1. The number of carbonyl (C=O) groups is 3. The molecule has 11 heteroatoms. The number of fused-ring (bicyclic) bond motifs is 1. The number of likely N-dealkylation sites (tertiary alicyclic amines) is 2. The van der Waals surface area contributed by atoms with Gasteiger partial charge in [0.1, 0.15) is 16.9 Å². The highest BCUT2D eigenvalue weighted by atomic mass is 19.1. The molecule has 0 unspecified atom stereocenters. The number of piperidine rings is 2. The molecule has 2 aromatic heterocycles. The minimum Gasteiger partial charge on any atom is -0.444 e. The lowest BCUT2D eigenvalue weighted by molar-refractivity contribution is -0.120. The number of halogens is 1. The zero-order chi connectivity index (χ0) is 31.3. The molecule has 3 aliphatic heterocycles. The lowest BCUT2D eigenvalue weighted by Gasteiger charge is -2.48. The summed E-state index contributed by atoms with van der Waals surface area (Å²) in [6.07, 6.45) is 11.3. The summed E-state index contributed by atoms with van der Waals surface area (Å²) in [5.74, 6) is -0.243. The molecule has 4 amide bonds. The maximum Gasteiger partial charge on any atom is 0.410 e. The van der Waals surface area contributed by atoms with Crippen LogP contribution in [0.25, 0.3) is 11.0 Å². The molecule has 3 saturated heterocycles. The Morgan fingerprint density at radius 1 is 1.05 bits per heavy atom. The molecule has 5 heterocycles. The molecule has 0 bridgehead atoms. The van der Waals surface area contributed by atoms with Gasteiger partial charge in [-0.3, -0.25) is 15.0 Å². The van der Waals surface area contributed by atoms with Crippen LogP contribution in [0.5, 0.6) is 0 Å². The van der Waals surface area contributed by atoms with E-state index in [0.29, 0.717) is 56.2 Å². The number of amides is 4. The van der Waals surface area contributed by atoms with Crippen molar-refractivity contribution in [3.63, 3.8) is 0 Å². The second kappa shape index (κ2) is 11.6. The number of alkyl halides is 1. The van der Waals surface area contributed by atoms with Crippen LogP contribution in [-0.4, -0.2) is 87.9 Å². The smallest absolute Gasteiger partial charge is 0.410 e. The van der Waals surface area contributed by atoms with Crippen molar-refractivity contribution < 1.29 is 23.5 Å². The number of anilines is 1. The van der Waals surface area contributed by atoms with E-state index in [9.17, 15) is 14.4 Å². The number of pyridine rings is 1. The van der Waals surface area contributed by atoms with Crippen molar-refractivity contribution in [1.82, 2.24) is 24.7 Å². The van der Waals surface area contributed by atoms with E-state index in [1.54, 1.807) is 16.0 Å². The van der Waals surface area contributed by atoms with Gasteiger partial charge in [-0.2, -0.15) is 0 Å². The Bertz CT molecular complexity index is 1410. The number of imide groups is 1. The van der Waals surface area contributed by atoms with Gasteiger partial charge in [0.25, 0.3) is 0 Å². The summed E-state index contributed by atoms with van der Waals surface area (Å²) in [7, 11) is 0. The van der Waals surface area contributed by atoms with Crippen molar-refractivity contribution in [2.24, 2.45) is 5.41 Å². The van der Waals surface area contributed by atoms with Gasteiger partial charge in [0.15, 0.2) is 0 Å². The van der Waals surface area contributed by atoms with Gasteiger partial charge in [0, 0.05) is 63.1 Å². The van der Waals surface area contributed by atoms with Crippen molar-refractivity contribution in [1.29, 1.82) is 0 Å². The topological polar surface area (TPSA) is 100 Å². The first-order valence-corrected chi connectivity index (χ1v) is 16.3. The molecule has 1 spiro atoms. The van der Waals surface area contributed by atoms with Gasteiger partial charge in [0.05, 0.1) is 11.9 Å². The van der Waals surface area contributed by atoms with Crippen LogP contribution in [0.2, 0.25) is 0 Å². The average molecular weight is 611 g/mol. The van der Waals surface area contributed by atoms with Crippen LogP contribution in [0, 0.1) is 12.3 Å². The molecular weight excluding hydrogens is 563 g/mol. The molecule has 6 rings (SSSR count). The second-order valence-corrected chi connectivity index (χ2v) is 14.7. The fourth-order valence-electron chi connectivity index (χ4n) is 7.67. The number of urea groups is 1. The summed E-state index contributed by atoms with van der Waals surface area (Å²) in [5, 5.41) is 3.43. The first kappa shape index (κ1) is 30.8. The summed E-state index contributed by atoms with van der Waals surface area (Å²) in [4.78, 5) is 46.7. The quantitative estimate of drug-likeness (QED) is 0.475. The molecule has 2 aromatic rings. The molecule has 4 fully saturated rings. The van der Waals surface area contributed by atoms with Gasteiger partial charge >= 0.3 is 12.1 Å². The zero-order valence-electron chi connectivity index (χ0n) is 26.7. The van der Waals surface area contributed by atoms with E-state index in [1.165, 1.54) is 0 Å². The number of hydrogen-bond donors (Lipinski definition) is 1. The fraction of sp³-hybridized carbons (Fsp3) is 0.697. The number of rotatable bonds is 4. The van der Waals surface area contributed by atoms with E-state index in [0.717, 1.165) is 68.2 Å². The van der Waals surface area contributed by atoms with E-state index in [4.69, 9.17) is 9.72 Å². The Hall–Kier alpha value is -3.21. The monoisotopic (exact) mass is 610 g/mol. The SMILES string of the molecule is Cc1cn(C2CCC3(CC2)CCN(CC2(F)CCN(C(=O)OC(C)(C)C)CC2)CC3)c2ncc(N3CCC(=O)NC3=O)cc12. The van der Waals surface area contributed by atoms with Gasteiger partial charge in [-0.15, -0.1) is 0 Å². The Morgan fingerprint density at radius 3 is 2.36 bits per heavy atom. The summed E-state index contributed by atoms with van der Waals surface area (Å²) >= 11 is 0. The van der Waals surface area contributed by atoms with Gasteiger partial charge in [-0.25, -0.2) is 19.0 Å². The predicted octanol–water partition coefficient (Wildman–Crippen LogP) is 5.73. The summed E-state index contributed by atoms with van der Waals surface area (Å²) in [6, 6.07) is 2.00. The van der Waals surface area contributed by atoms with Crippen LogP contribution in [0.15, 0.2) is 18.5 Å². The molecule has 0 aromatic carbocycles. The first-order valence-electron chi connectivity index (χ1n) is 16.3. The molecular formula is C33H47FN6O4. The van der Waals surface area contributed by atoms with Crippen LogP contribution in [0.4, 0.5) is 19.7 Å². The van der Waals surface area contributed by atoms with E-state index >= 15 is 4.39 Å². The second-order valence-electron chi connectivity index (χ2n) is 14.7. The minimum absolute atomic E-state index is 0.243. The number of hydrogen-bond acceptors (Lipinski definition) is 6. The van der Waals surface area contributed by atoms with Crippen molar-refractivity contribution in [3.05, 3.63) is 24.0 Å². The molecule has 0 radical (unpaired) electrons. The van der Waals surface area contributed by atoms with Crippen LogP contribution in [0.3, 0.4) is 0 Å². The Morgan fingerprint density at radius 2 is 1.73 bits per heavy atom. The largest absolute Gasteiger partial charge is 0.444 e. The molecule has 44 heavy (non-hydrogen) atoms. The van der Waals surface area contributed by atoms with Crippen LogP contribution >= 0.6 is 0 Å². The number of nitrogens with one attached hydrogen (secondary N) is 1. The van der Waals surface area contributed by atoms with E-state index < -0.39 is 17.3 Å². The Balaban J connectivity index is 1.01. The normalized spacial score (nSPS) is 23.3. The van der Waals surface area contributed by atoms with Crippen molar-refractivity contribution in [3.8, 4) is 0 Å². The molecule has 1 aliphatic carbocycles. The van der Waals surface area contributed by atoms with Crippen molar-refractivity contribution in [2.75, 3.05) is 44.2 Å². The first-order chi connectivity index (χ1) is 20.8. The maximum absolute atomic E-state index is 15.8. The van der Waals surface area contributed by atoms with E-state index in [1.807, 2.05) is 26.8 Å². The van der Waals surface area contributed by atoms with Crippen LogP contribution in [-0.2, 0) is 9.53 Å². The van der Waals surface area contributed by atoms with Gasteiger partial charge in [-0.05, 0) is 96.4 Å². The van der Waals surface area contributed by atoms with Crippen LogP contribution < -0.4 is 10.2 Å². The highest BCUT2D eigenvalue weighted by Gasteiger charge is 2.43. The molecule has 1 saturated carbocycles. The third kappa shape index (κ3) is 6.43. The standard InChI is InChI=1S/C33H47FN6O4/c1-23-21-40(28-26(23)19-25(20-35-28)39-14-7-27(41)36-29(39)42)24-5-8-32(9-6-24)10-15-37(16-11-32)22-33(34)12-17-38(18-13-33)30(43)44-31(2,3)4/h19-21,24H,5-18,22H2,1-4H3,(H,36,41,42). The lowest BCUT2D eigenvalue weighted by Crippen LogP contribution is -2.52. The molecule has 1 N–H and O–H groups in total. The third-order valence-corrected chi connectivity index (χ3v) is 10.4. The van der Waals surface area contributed by atoms with Crippen molar-refractivity contribution in [2.45, 2.75) is 103 Å². The summed E-state index contributed by atoms with van der Waals surface area (Å²) < 4.78 is 23.6. The molecule has 0 atom stereocenters. The molecule has 10 nitrogen and oxygen atoms in total. The van der Waals surface area contributed by atoms with Gasteiger partial charge < -0.3 is 19.1 Å². The number of aromatic nitrogens is 2. The van der Waals surface area contributed by atoms with Crippen molar-refractivity contribution >= 4 is 34.8 Å². The lowest BCUT2D eigenvalue weighted by atomic mass is 9.67. The Kier molecular flexibility index (Phi) is 8.13.